The molecule has 3 aromatic carbocycles. The molecule has 232 valence electrons. The minimum absolute atomic E-state index is 0.0476. The molecule has 45 heavy (non-hydrogen) atoms. The normalized spacial score (nSPS) is 21.2. The zero-order valence-corrected chi connectivity index (χ0v) is 26.4. The molecule has 2 heterocycles. The molecule has 1 saturated heterocycles. The molecule has 1 aliphatic carbocycles. The first kappa shape index (κ1) is 31.0. The molecule has 3 N–H and O–H groups in total. The summed E-state index contributed by atoms with van der Waals surface area (Å²) in [6.07, 6.45) is 2.57. The topological polar surface area (TPSA) is 98.1 Å². The van der Waals surface area contributed by atoms with Gasteiger partial charge in [-0.15, -0.1) is 11.3 Å². The number of thiophene rings is 1. The highest BCUT2D eigenvalue weighted by atomic mass is 32.1. The lowest BCUT2D eigenvalue weighted by atomic mass is 9.66. The van der Waals surface area contributed by atoms with Crippen LogP contribution in [0.15, 0.2) is 95.4 Å². The Morgan fingerprint density at radius 1 is 0.956 bits per heavy atom. The fraction of sp³-hybridized carbons (Fsp3) is 0.316. The predicted molar refractivity (Wildman–Crippen MR) is 179 cm³/mol. The van der Waals surface area contributed by atoms with Gasteiger partial charge in [-0.3, -0.25) is 14.5 Å². The SMILES string of the molecule is CC(C)C1=C([C@H](O)CC/C(=C/c2ccc(O)c3ccccc23)c2ccccc2)[C@H](CO)[C@@H]2C(=O)N(Cc3cccs3)C(=O)[C@@H]2C1. The lowest BCUT2D eigenvalue weighted by Gasteiger charge is -2.38. The van der Waals surface area contributed by atoms with Crippen molar-refractivity contribution in [3.63, 3.8) is 0 Å². The molecule has 6 rings (SSSR count). The molecule has 6 nitrogen and oxygen atoms in total. The van der Waals surface area contributed by atoms with Crippen LogP contribution in [0.2, 0.25) is 0 Å². The quantitative estimate of drug-likeness (QED) is 0.100. The molecule has 1 fully saturated rings. The highest BCUT2D eigenvalue weighted by molar-refractivity contribution is 7.09. The minimum Gasteiger partial charge on any atom is -0.507 e. The second kappa shape index (κ2) is 13.1. The monoisotopic (exact) mass is 621 g/mol. The third-order valence-corrected chi connectivity index (χ3v) is 10.3. The van der Waals surface area contributed by atoms with Crippen molar-refractivity contribution in [2.24, 2.45) is 23.7 Å². The Kier molecular flexibility index (Phi) is 9.04. The van der Waals surface area contributed by atoms with Gasteiger partial charge in [0, 0.05) is 16.2 Å². The van der Waals surface area contributed by atoms with Crippen molar-refractivity contribution >= 4 is 45.6 Å². The van der Waals surface area contributed by atoms with Gasteiger partial charge in [0.1, 0.15) is 5.75 Å². The Hall–Kier alpha value is -4.04. The van der Waals surface area contributed by atoms with Crippen LogP contribution in [0.5, 0.6) is 5.75 Å². The van der Waals surface area contributed by atoms with Crippen LogP contribution in [0.1, 0.15) is 49.1 Å². The Labute approximate surface area is 268 Å². The number of aliphatic hydroxyl groups is 2. The van der Waals surface area contributed by atoms with Gasteiger partial charge in [0.15, 0.2) is 0 Å². The summed E-state index contributed by atoms with van der Waals surface area (Å²) in [6, 6.07) is 25.2. The first-order valence-corrected chi connectivity index (χ1v) is 16.5. The van der Waals surface area contributed by atoms with Crippen molar-refractivity contribution < 1.29 is 24.9 Å². The number of likely N-dealkylation sites (tertiary alicyclic amines) is 1. The summed E-state index contributed by atoms with van der Waals surface area (Å²) < 4.78 is 0. The van der Waals surface area contributed by atoms with Gasteiger partial charge < -0.3 is 15.3 Å². The van der Waals surface area contributed by atoms with Crippen LogP contribution in [0, 0.1) is 23.7 Å². The van der Waals surface area contributed by atoms with Gasteiger partial charge in [-0.25, -0.2) is 0 Å². The van der Waals surface area contributed by atoms with Gasteiger partial charge in [-0.1, -0.05) is 92.2 Å². The van der Waals surface area contributed by atoms with Crippen molar-refractivity contribution in [1.82, 2.24) is 4.90 Å². The van der Waals surface area contributed by atoms with Gasteiger partial charge >= 0.3 is 0 Å². The highest BCUT2D eigenvalue weighted by Crippen LogP contribution is 2.48. The van der Waals surface area contributed by atoms with E-state index in [0.717, 1.165) is 43.5 Å². The Balaban J connectivity index is 1.31. The van der Waals surface area contributed by atoms with Crippen molar-refractivity contribution in [2.45, 2.75) is 45.8 Å². The number of phenols is 1. The van der Waals surface area contributed by atoms with Gasteiger partial charge in [0.25, 0.3) is 0 Å². The maximum Gasteiger partial charge on any atom is 0.234 e. The smallest absolute Gasteiger partial charge is 0.234 e. The van der Waals surface area contributed by atoms with Gasteiger partial charge in [0.2, 0.25) is 11.8 Å². The molecular weight excluding hydrogens is 582 g/mol. The number of amides is 2. The zero-order valence-electron chi connectivity index (χ0n) is 25.6. The number of phenolic OH excluding ortho intramolecular Hbond substituents is 1. The summed E-state index contributed by atoms with van der Waals surface area (Å²) in [5, 5.41) is 36.7. The third-order valence-electron chi connectivity index (χ3n) is 9.45. The minimum atomic E-state index is -0.890. The molecule has 2 aliphatic rings. The number of fused-ring (bicyclic) bond motifs is 2. The Bertz CT molecular complexity index is 1760. The number of hydrogen-bond donors (Lipinski definition) is 3. The van der Waals surface area contributed by atoms with Crippen LogP contribution in [-0.2, 0) is 16.1 Å². The van der Waals surface area contributed by atoms with Crippen molar-refractivity contribution in [1.29, 1.82) is 0 Å². The third kappa shape index (κ3) is 6.00. The van der Waals surface area contributed by atoms with Gasteiger partial charge in [-0.2, -0.15) is 0 Å². The molecule has 0 radical (unpaired) electrons. The number of nitrogens with zero attached hydrogens (tertiary/aromatic N) is 1. The van der Waals surface area contributed by atoms with E-state index in [1.54, 1.807) is 6.07 Å². The van der Waals surface area contributed by atoms with E-state index in [9.17, 15) is 24.9 Å². The second-order valence-corrected chi connectivity index (χ2v) is 13.4. The van der Waals surface area contributed by atoms with E-state index in [4.69, 9.17) is 0 Å². The van der Waals surface area contributed by atoms with E-state index in [1.165, 1.54) is 16.2 Å². The lowest BCUT2D eigenvalue weighted by molar-refractivity contribution is -0.140. The van der Waals surface area contributed by atoms with Crippen LogP contribution in [0.25, 0.3) is 22.4 Å². The van der Waals surface area contributed by atoms with Gasteiger partial charge in [-0.05, 0) is 70.4 Å². The van der Waals surface area contributed by atoms with Crippen LogP contribution in [0.4, 0.5) is 0 Å². The number of aliphatic hydroxyl groups excluding tert-OH is 2. The summed E-state index contributed by atoms with van der Waals surface area (Å²) in [4.78, 5) is 29.6. The molecular formula is C38H39NO5S. The number of imide groups is 1. The molecule has 0 saturated carbocycles. The Morgan fingerprint density at radius 3 is 2.38 bits per heavy atom. The molecule has 0 unspecified atom stereocenters. The van der Waals surface area contributed by atoms with E-state index in [2.05, 4.69) is 6.08 Å². The fourth-order valence-electron chi connectivity index (χ4n) is 7.24. The van der Waals surface area contributed by atoms with E-state index >= 15 is 0 Å². The number of benzene rings is 3. The maximum absolute atomic E-state index is 13.7. The summed E-state index contributed by atoms with van der Waals surface area (Å²) in [7, 11) is 0. The van der Waals surface area contributed by atoms with E-state index < -0.39 is 23.9 Å². The van der Waals surface area contributed by atoms with Crippen molar-refractivity contribution in [2.75, 3.05) is 6.61 Å². The number of allylic oxidation sites excluding steroid dienone is 2. The summed E-state index contributed by atoms with van der Waals surface area (Å²) in [5.41, 5.74) is 4.71. The number of rotatable bonds is 10. The average molecular weight is 622 g/mol. The summed E-state index contributed by atoms with van der Waals surface area (Å²) in [5.74, 6) is -1.98. The molecule has 0 spiro atoms. The first-order chi connectivity index (χ1) is 21.8. The van der Waals surface area contributed by atoms with Crippen LogP contribution < -0.4 is 0 Å². The Morgan fingerprint density at radius 2 is 1.69 bits per heavy atom. The number of aromatic hydroxyl groups is 1. The summed E-state index contributed by atoms with van der Waals surface area (Å²) >= 11 is 1.51. The standard InChI is InChI=1S/C38H39NO5S/c1-23(2)30-20-31-36(38(44)39(37(31)43)21-27-11-8-18-45-27)32(22-40)35(30)34(42)17-14-25(24-9-4-3-5-10-24)19-26-15-16-33(41)29-13-7-6-12-28(26)29/h3-13,15-16,18-19,23,31-32,34,36,40-42H,14,17,20-22H2,1-2H3/b25-19-/t31-,32+,34-,36-/m1/s1. The molecule has 4 atom stereocenters. The zero-order chi connectivity index (χ0) is 31.7. The van der Waals surface area contributed by atoms with Gasteiger partial charge in [0.05, 0.1) is 31.1 Å². The largest absolute Gasteiger partial charge is 0.507 e. The lowest BCUT2D eigenvalue weighted by Crippen LogP contribution is -2.39. The van der Waals surface area contributed by atoms with Crippen LogP contribution >= 0.6 is 11.3 Å². The van der Waals surface area contributed by atoms with Crippen molar-refractivity contribution in [3.05, 3.63) is 111 Å². The predicted octanol–water partition coefficient (Wildman–Crippen LogP) is 7.05. The first-order valence-electron chi connectivity index (χ1n) is 15.6. The highest BCUT2D eigenvalue weighted by Gasteiger charge is 2.55. The summed E-state index contributed by atoms with van der Waals surface area (Å²) in [6.45, 7) is 4.03. The molecule has 7 heteroatoms. The van der Waals surface area contributed by atoms with Crippen molar-refractivity contribution in [3.8, 4) is 5.75 Å². The molecule has 2 amide bonds. The van der Waals surface area contributed by atoms with Crippen LogP contribution in [-0.4, -0.2) is 44.7 Å². The second-order valence-electron chi connectivity index (χ2n) is 12.4. The molecule has 1 aromatic heterocycles. The number of carbonyl (C=O) groups is 2. The maximum atomic E-state index is 13.7. The van der Waals surface area contributed by atoms with E-state index in [-0.39, 0.29) is 36.6 Å². The van der Waals surface area contributed by atoms with Crippen LogP contribution in [0.3, 0.4) is 0 Å². The van der Waals surface area contributed by atoms with E-state index in [1.807, 2.05) is 92.0 Å². The van der Waals surface area contributed by atoms with E-state index in [0.29, 0.717) is 19.3 Å². The fourth-order valence-corrected chi connectivity index (χ4v) is 7.94. The molecule has 1 aliphatic heterocycles. The molecule has 4 aromatic rings. The average Bonchev–Trinajstić information content (AvgIpc) is 3.66. The number of carbonyl (C=O) groups excluding carboxylic acids is 2. The number of hydrogen-bond acceptors (Lipinski definition) is 6. The molecule has 0 bridgehead atoms.